The summed E-state index contributed by atoms with van der Waals surface area (Å²) in [5.74, 6) is -3.13. The second kappa shape index (κ2) is 18.0. The van der Waals surface area contributed by atoms with Crippen molar-refractivity contribution in [3.05, 3.63) is 82.6 Å². The first-order chi connectivity index (χ1) is 21.9. The van der Waals surface area contributed by atoms with Crippen molar-refractivity contribution in [2.24, 2.45) is 11.8 Å². The molecule has 1 aliphatic heterocycles. The fourth-order valence-electron chi connectivity index (χ4n) is 5.20. The number of hydrogen-bond acceptors (Lipinski definition) is 6. The van der Waals surface area contributed by atoms with Crippen LogP contribution >= 0.6 is 11.6 Å². The molecule has 0 radical (unpaired) electrons. The number of methoxy groups -OCH3 is 1. The van der Waals surface area contributed by atoms with E-state index in [0.29, 0.717) is 42.0 Å². The normalized spacial score (nSPS) is 19.3. The molecule has 0 aromatic heterocycles. The predicted molar refractivity (Wildman–Crippen MR) is 172 cm³/mol. The topological polar surface area (TPSA) is 143 Å². The molecular formula is C34H42ClFN4O6. The number of amides is 4. The van der Waals surface area contributed by atoms with Crippen molar-refractivity contribution in [3.63, 3.8) is 0 Å². The van der Waals surface area contributed by atoms with E-state index in [1.54, 1.807) is 56.3 Å². The van der Waals surface area contributed by atoms with Crippen LogP contribution in [0.25, 0.3) is 0 Å². The van der Waals surface area contributed by atoms with Gasteiger partial charge < -0.3 is 26.0 Å². The van der Waals surface area contributed by atoms with Crippen molar-refractivity contribution >= 4 is 41.2 Å². The molecule has 4 amide bonds. The van der Waals surface area contributed by atoms with Crippen molar-refractivity contribution in [2.45, 2.75) is 70.5 Å². The zero-order chi connectivity index (χ0) is 33.6. The zero-order valence-electron chi connectivity index (χ0n) is 26.3. The predicted octanol–water partition coefficient (Wildman–Crippen LogP) is 4.05. The Kier molecular flexibility index (Phi) is 14.2. The molecule has 10 nitrogen and oxygen atoms in total. The van der Waals surface area contributed by atoms with E-state index in [1.807, 2.05) is 0 Å². The minimum absolute atomic E-state index is 0.0999. The Hall–Kier alpha value is -4.25. The number of esters is 1. The minimum Gasteiger partial charge on any atom is -0.467 e. The highest BCUT2D eigenvalue weighted by atomic mass is 35.5. The minimum atomic E-state index is -1.04. The van der Waals surface area contributed by atoms with E-state index in [0.717, 1.165) is 0 Å². The Morgan fingerprint density at radius 1 is 1.04 bits per heavy atom. The van der Waals surface area contributed by atoms with E-state index in [-0.39, 0.29) is 36.9 Å². The highest BCUT2D eigenvalue weighted by molar-refractivity contribution is 6.30. The van der Waals surface area contributed by atoms with Gasteiger partial charge in [0, 0.05) is 30.0 Å². The lowest BCUT2D eigenvalue weighted by molar-refractivity contribution is -0.144. The second-order valence-corrected chi connectivity index (χ2v) is 12.1. The molecule has 3 rings (SSSR count). The first-order valence-electron chi connectivity index (χ1n) is 15.4. The number of carbonyl (C=O) groups excluding carboxylic acids is 5. The number of hydrogen-bond donors (Lipinski definition) is 4. The third kappa shape index (κ3) is 11.9. The summed E-state index contributed by atoms with van der Waals surface area (Å²) in [7, 11) is 1.23. The number of rotatable bonds is 11. The van der Waals surface area contributed by atoms with Gasteiger partial charge in [0.1, 0.15) is 11.9 Å². The van der Waals surface area contributed by atoms with Crippen LogP contribution in [0.4, 0.5) is 9.18 Å². The Bertz CT molecular complexity index is 1420. The summed E-state index contributed by atoms with van der Waals surface area (Å²) in [5, 5.41) is 11.5. The third-order valence-electron chi connectivity index (χ3n) is 7.68. The summed E-state index contributed by atoms with van der Waals surface area (Å²) < 4.78 is 18.7. The number of halogens is 2. The first-order valence-corrected chi connectivity index (χ1v) is 15.8. The molecule has 0 bridgehead atoms. The standard InChI is InChI=1S/C34H42ClFN4O6/c1-21(2)31(33(44)46-3)40-34(45)39-28(19-22-8-6-11-25(35)16-22)29(41)20-24-10-4-5-15-37-30(42)14-13-27(38-32(24)43)18-23-9-7-12-26(36)17-23/h6-9,11-14,16-17,21,24,27-28,31H,4-5,10,15,18-20H2,1-3H3,(H,37,42)(H,38,43)(H2,39,40,45)/b14-13+/t24-,27-,28+,31+/m1/s1. The summed E-state index contributed by atoms with van der Waals surface area (Å²) in [6.07, 6.45) is 4.57. The Morgan fingerprint density at radius 2 is 1.78 bits per heavy atom. The summed E-state index contributed by atoms with van der Waals surface area (Å²) in [6, 6.07) is 9.50. The van der Waals surface area contributed by atoms with Gasteiger partial charge >= 0.3 is 12.0 Å². The van der Waals surface area contributed by atoms with Crippen LogP contribution in [0, 0.1) is 17.7 Å². The number of nitrogens with one attached hydrogen (secondary N) is 4. The molecule has 0 spiro atoms. The maximum atomic E-state index is 13.9. The lowest BCUT2D eigenvalue weighted by Gasteiger charge is -2.25. The molecule has 0 saturated carbocycles. The first kappa shape index (κ1) is 36.2. The smallest absolute Gasteiger partial charge is 0.328 e. The lowest BCUT2D eigenvalue weighted by Crippen LogP contribution is -2.53. The second-order valence-electron chi connectivity index (χ2n) is 11.7. The van der Waals surface area contributed by atoms with Crippen molar-refractivity contribution in [3.8, 4) is 0 Å². The molecule has 46 heavy (non-hydrogen) atoms. The van der Waals surface area contributed by atoms with Gasteiger partial charge in [-0.05, 0) is 67.0 Å². The van der Waals surface area contributed by atoms with Crippen LogP contribution in [-0.4, -0.2) is 61.4 Å². The average molecular weight is 657 g/mol. The van der Waals surface area contributed by atoms with Crippen LogP contribution in [0.2, 0.25) is 5.02 Å². The van der Waals surface area contributed by atoms with Gasteiger partial charge in [-0.1, -0.05) is 62.2 Å². The van der Waals surface area contributed by atoms with E-state index in [4.69, 9.17) is 16.3 Å². The van der Waals surface area contributed by atoms with Crippen LogP contribution in [-0.2, 0) is 36.8 Å². The monoisotopic (exact) mass is 656 g/mol. The highest BCUT2D eigenvalue weighted by Gasteiger charge is 2.31. The Balaban J connectivity index is 1.83. The number of ketones is 1. The van der Waals surface area contributed by atoms with Crippen molar-refractivity contribution in [1.82, 2.24) is 21.3 Å². The molecule has 2 aromatic rings. The zero-order valence-corrected chi connectivity index (χ0v) is 27.1. The maximum absolute atomic E-state index is 13.9. The van der Waals surface area contributed by atoms with Crippen LogP contribution in [0.15, 0.2) is 60.7 Å². The molecule has 1 heterocycles. The molecule has 0 fully saturated rings. The molecule has 0 aliphatic carbocycles. The van der Waals surface area contributed by atoms with Gasteiger partial charge in [0.25, 0.3) is 0 Å². The summed E-state index contributed by atoms with van der Waals surface area (Å²) in [6.45, 7) is 3.90. The number of ether oxygens (including phenoxy) is 1. The van der Waals surface area contributed by atoms with Gasteiger partial charge in [-0.3, -0.25) is 14.4 Å². The molecular weight excluding hydrogens is 615 g/mol. The fraction of sp³-hybridized carbons (Fsp3) is 0.441. The summed E-state index contributed by atoms with van der Waals surface area (Å²) >= 11 is 6.18. The van der Waals surface area contributed by atoms with E-state index in [1.165, 1.54) is 25.3 Å². The van der Waals surface area contributed by atoms with Gasteiger partial charge in [0.05, 0.1) is 19.2 Å². The van der Waals surface area contributed by atoms with Gasteiger partial charge in [-0.25, -0.2) is 14.0 Å². The number of benzene rings is 2. The Morgan fingerprint density at radius 3 is 2.48 bits per heavy atom. The highest BCUT2D eigenvalue weighted by Crippen LogP contribution is 2.19. The van der Waals surface area contributed by atoms with Crippen LogP contribution in [0.5, 0.6) is 0 Å². The van der Waals surface area contributed by atoms with Crippen LogP contribution in [0.3, 0.4) is 0 Å². The number of Topliss-reactive ketones (excluding diaryl/α,β-unsaturated/α-hetero) is 1. The third-order valence-corrected chi connectivity index (χ3v) is 7.92. The number of carbonyl (C=O) groups is 5. The van der Waals surface area contributed by atoms with E-state index < -0.39 is 47.8 Å². The molecule has 2 aromatic carbocycles. The van der Waals surface area contributed by atoms with Gasteiger partial charge in [-0.2, -0.15) is 0 Å². The average Bonchev–Trinajstić information content (AvgIpc) is 3.00. The largest absolute Gasteiger partial charge is 0.467 e. The fourth-order valence-corrected chi connectivity index (χ4v) is 5.41. The van der Waals surface area contributed by atoms with Crippen molar-refractivity contribution in [2.75, 3.05) is 13.7 Å². The molecule has 0 unspecified atom stereocenters. The van der Waals surface area contributed by atoms with E-state index in [9.17, 15) is 28.4 Å². The van der Waals surface area contributed by atoms with E-state index in [2.05, 4.69) is 21.3 Å². The maximum Gasteiger partial charge on any atom is 0.328 e. The van der Waals surface area contributed by atoms with Crippen LogP contribution in [0.1, 0.15) is 50.7 Å². The molecule has 12 heteroatoms. The SMILES string of the molecule is COC(=O)[C@@H](NC(=O)N[C@@H](Cc1cccc(Cl)c1)C(=O)C[C@H]1CCCCNC(=O)/C=C/[C@H](Cc2cccc(F)c2)NC1=O)C(C)C. The molecule has 4 N–H and O–H groups in total. The van der Waals surface area contributed by atoms with Gasteiger partial charge in [0.2, 0.25) is 11.8 Å². The van der Waals surface area contributed by atoms with Gasteiger partial charge in [-0.15, -0.1) is 0 Å². The van der Waals surface area contributed by atoms with Crippen molar-refractivity contribution < 1.29 is 33.1 Å². The molecule has 248 valence electrons. The molecule has 4 atom stereocenters. The molecule has 1 aliphatic rings. The van der Waals surface area contributed by atoms with E-state index >= 15 is 0 Å². The Labute approximate surface area is 273 Å². The lowest BCUT2D eigenvalue weighted by atomic mass is 9.90. The molecule has 0 saturated heterocycles. The summed E-state index contributed by atoms with van der Waals surface area (Å²) in [4.78, 5) is 65.1. The van der Waals surface area contributed by atoms with Crippen molar-refractivity contribution in [1.29, 1.82) is 0 Å². The summed E-state index contributed by atoms with van der Waals surface area (Å²) in [5.41, 5.74) is 1.32. The van der Waals surface area contributed by atoms with Crippen LogP contribution < -0.4 is 21.3 Å². The number of urea groups is 1. The quantitative estimate of drug-likeness (QED) is 0.269. The van der Waals surface area contributed by atoms with Gasteiger partial charge in [0.15, 0.2) is 5.78 Å².